The molecule has 0 radical (unpaired) electrons. The Bertz CT molecular complexity index is 670. The third kappa shape index (κ3) is 2.09. The molecule has 2 aliphatic heterocycles. The lowest BCUT2D eigenvalue weighted by Gasteiger charge is -2.31. The van der Waals surface area contributed by atoms with Gasteiger partial charge in [-0.05, 0) is 55.7 Å². The van der Waals surface area contributed by atoms with E-state index in [0.717, 1.165) is 30.5 Å². The summed E-state index contributed by atoms with van der Waals surface area (Å²) in [4.78, 5) is 14.8. The van der Waals surface area contributed by atoms with Crippen LogP contribution in [0.1, 0.15) is 29.6 Å². The van der Waals surface area contributed by atoms with Crippen LogP contribution < -0.4 is 0 Å². The number of rotatable bonds is 2. The minimum Gasteiger partial charge on any atom is -0.329 e. The maximum Gasteiger partial charge on any atom is 0.254 e. The van der Waals surface area contributed by atoms with Gasteiger partial charge in [-0.15, -0.1) is 0 Å². The van der Waals surface area contributed by atoms with Crippen LogP contribution in [0.15, 0.2) is 60.9 Å². The molecule has 2 atom stereocenters. The minimum atomic E-state index is 0.172. The summed E-state index contributed by atoms with van der Waals surface area (Å²) in [5.41, 5.74) is 1.87. The molecule has 1 amide bonds. The number of hydrogen-bond donors (Lipinski definition) is 0. The third-order valence-electron chi connectivity index (χ3n) is 4.56. The summed E-state index contributed by atoms with van der Waals surface area (Å²) in [5, 5.41) is 0. The first-order chi connectivity index (χ1) is 10.3. The fourth-order valence-electron chi connectivity index (χ4n) is 3.47. The van der Waals surface area contributed by atoms with E-state index < -0.39 is 0 Å². The van der Waals surface area contributed by atoms with Crippen molar-refractivity contribution in [2.24, 2.45) is 0 Å². The molecule has 0 saturated carbocycles. The van der Waals surface area contributed by atoms with E-state index in [1.54, 1.807) is 0 Å². The van der Waals surface area contributed by atoms with Crippen molar-refractivity contribution in [1.82, 2.24) is 9.47 Å². The molecule has 0 N–H and O–H groups in total. The highest BCUT2D eigenvalue weighted by Crippen LogP contribution is 2.32. The Balaban J connectivity index is 1.59. The largest absolute Gasteiger partial charge is 0.329 e. The Morgan fingerprint density at radius 1 is 1.05 bits per heavy atom. The van der Waals surface area contributed by atoms with Gasteiger partial charge in [-0.2, -0.15) is 0 Å². The molecule has 1 fully saturated rings. The highest BCUT2D eigenvalue weighted by Gasteiger charge is 2.37. The van der Waals surface area contributed by atoms with Gasteiger partial charge < -0.3 is 9.47 Å². The van der Waals surface area contributed by atoms with Crippen molar-refractivity contribution in [3.63, 3.8) is 0 Å². The molecule has 0 spiro atoms. The molecule has 2 aliphatic rings. The second-order valence-electron chi connectivity index (χ2n) is 5.81. The monoisotopic (exact) mass is 278 g/mol. The lowest BCUT2D eigenvalue weighted by molar-refractivity contribution is 0.0689. The molecule has 1 aromatic heterocycles. The second-order valence-corrected chi connectivity index (χ2v) is 5.81. The Hall–Kier alpha value is -2.29. The molecule has 2 unspecified atom stereocenters. The molecule has 106 valence electrons. The van der Waals surface area contributed by atoms with Gasteiger partial charge in [0.25, 0.3) is 5.91 Å². The average molecular weight is 278 g/mol. The summed E-state index contributed by atoms with van der Waals surface area (Å²) >= 11 is 0. The number of carbonyl (C=O) groups excluding carboxylic acids is 1. The lowest BCUT2D eigenvalue weighted by atomic mass is 10.1. The van der Waals surface area contributed by atoms with E-state index in [4.69, 9.17) is 0 Å². The zero-order valence-electron chi connectivity index (χ0n) is 11.9. The molecular weight excluding hydrogens is 260 g/mol. The summed E-state index contributed by atoms with van der Waals surface area (Å²) in [6.07, 6.45) is 11.7. The molecule has 2 aromatic rings. The molecule has 1 saturated heterocycles. The molecule has 2 bridgehead atoms. The van der Waals surface area contributed by atoms with Crippen LogP contribution in [-0.2, 0) is 0 Å². The molecular formula is C18H18N2O. The predicted molar refractivity (Wildman–Crippen MR) is 82.5 cm³/mol. The number of fused-ring (bicyclic) bond motifs is 2. The van der Waals surface area contributed by atoms with Crippen molar-refractivity contribution in [2.75, 3.05) is 0 Å². The number of hydrogen-bond acceptors (Lipinski definition) is 1. The highest BCUT2D eigenvalue weighted by atomic mass is 16.2. The summed E-state index contributed by atoms with van der Waals surface area (Å²) < 4.78 is 2.04. The molecule has 3 heteroatoms. The first-order valence-corrected chi connectivity index (χ1v) is 7.56. The fraction of sp³-hybridized carbons (Fsp3) is 0.278. The van der Waals surface area contributed by atoms with Gasteiger partial charge in [0.1, 0.15) is 0 Å². The van der Waals surface area contributed by atoms with Gasteiger partial charge in [0.2, 0.25) is 0 Å². The smallest absolute Gasteiger partial charge is 0.254 e. The molecule has 0 aliphatic carbocycles. The van der Waals surface area contributed by atoms with Crippen LogP contribution in [0.25, 0.3) is 5.69 Å². The Morgan fingerprint density at radius 3 is 2.52 bits per heavy atom. The van der Waals surface area contributed by atoms with Gasteiger partial charge in [-0.1, -0.05) is 12.2 Å². The van der Waals surface area contributed by atoms with E-state index in [2.05, 4.69) is 17.1 Å². The SMILES string of the molecule is O=C(c1ccc(-n2cccc2)cc1)N1C2C=CCC1CC2. The summed E-state index contributed by atoms with van der Waals surface area (Å²) in [7, 11) is 0. The van der Waals surface area contributed by atoms with Crippen LogP contribution in [0.3, 0.4) is 0 Å². The zero-order chi connectivity index (χ0) is 14.2. The molecule has 4 rings (SSSR count). The van der Waals surface area contributed by atoms with Crippen molar-refractivity contribution >= 4 is 5.91 Å². The van der Waals surface area contributed by atoms with Gasteiger partial charge in [-0.3, -0.25) is 4.79 Å². The van der Waals surface area contributed by atoms with Crippen LogP contribution in [0.4, 0.5) is 0 Å². The lowest BCUT2D eigenvalue weighted by Crippen LogP contribution is -2.42. The average Bonchev–Trinajstić information content (AvgIpc) is 3.14. The van der Waals surface area contributed by atoms with E-state index in [1.807, 2.05) is 53.4 Å². The topological polar surface area (TPSA) is 25.2 Å². The van der Waals surface area contributed by atoms with Crippen LogP contribution in [-0.4, -0.2) is 27.5 Å². The van der Waals surface area contributed by atoms with Gasteiger partial charge in [0.15, 0.2) is 0 Å². The van der Waals surface area contributed by atoms with Crippen LogP contribution in [0, 0.1) is 0 Å². The van der Waals surface area contributed by atoms with E-state index >= 15 is 0 Å². The van der Waals surface area contributed by atoms with Crippen LogP contribution >= 0.6 is 0 Å². The number of amides is 1. The van der Waals surface area contributed by atoms with Gasteiger partial charge in [0.05, 0.1) is 6.04 Å². The number of benzene rings is 1. The maximum absolute atomic E-state index is 12.7. The van der Waals surface area contributed by atoms with E-state index in [9.17, 15) is 4.79 Å². The van der Waals surface area contributed by atoms with Gasteiger partial charge >= 0.3 is 0 Å². The van der Waals surface area contributed by atoms with Crippen molar-refractivity contribution in [3.05, 3.63) is 66.5 Å². The minimum absolute atomic E-state index is 0.172. The van der Waals surface area contributed by atoms with Crippen molar-refractivity contribution < 1.29 is 4.79 Å². The van der Waals surface area contributed by atoms with E-state index in [1.165, 1.54) is 0 Å². The Kier molecular flexibility index (Phi) is 2.92. The summed E-state index contributed by atoms with van der Waals surface area (Å²) in [6.45, 7) is 0. The Morgan fingerprint density at radius 2 is 1.81 bits per heavy atom. The first-order valence-electron chi connectivity index (χ1n) is 7.56. The quantitative estimate of drug-likeness (QED) is 0.773. The highest BCUT2D eigenvalue weighted by molar-refractivity contribution is 5.95. The normalized spacial score (nSPS) is 23.5. The van der Waals surface area contributed by atoms with Crippen LogP contribution in [0.2, 0.25) is 0 Å². The van der Waals surface area contributed by atoms with Gasteiger partial charge in [-0.25, -0.2) is 0 Å². The number of carbonyl (C=O) groups is 1. The Labute approximate surface area is 124 Å². The second kappa shape index (κ2) is 4.92. The van der Waals surface area contributed by atoms with Crippen LogP contribution in [0.5, 0.6) is 0 Å². The summed E-state index contributed by atoms with van der Waals surface area (Å²) in [6, 6.07) is 12.6. The third-order valence-corrected chi connectivity index (χ3v) is 4.56. The van der Waals surface area contributed by atoms with Crippen molar-refractivity contribution in [2.45, 2.75) is 31.3 Å². The first kappa shape index (κ1) is 12.5. The maximum atomic E-state index is 12.7. The van der Waals surface area contributed by atoms with E-state index in [0.29, 0.717) is 12.1 Å². The molecule has 1 aromatic carbocycles. The van der Waals surface area contributed by atoms with Crippen molar-refractivity contribution in [1.29, 1.82) is 0 Å². The zero-order valence-corrected chi connectivity index (χ0v) is 11.9. The molecule has 3 heterocycles. The van der Waals surface area contributed by atoms with E-state index in [-0.39, 0.29) is 5.91 Å². The molecule has 21 heavy (non-hydrogen) atoms. The van der Waals surface area contributed by atoms with Gasteiger partial charge in [0, 0.05) is 29.7 Å². The summed E-state index contributed by atoms with van der Waals surface area (Å²) in [5.74, 6) is 0.172. The fourth-order valence-corrected chi connectivity index (χ4v) is 3.47. The predicted octanol–water partition coefficient (Wildman–Crippen LogP) is 3.41. The van der Waals surface area contributed by atoms with Crippen molar-refractivity contribution in [3.8, 4) is 5.69 Å². The molecule has 3 nitrogen and oxygen atoms in total. The number of nitrogens with zero attached hydrogens (tertiary/aromatic N) is 2. The standard InChI is InChI=1S/C18H18N2O/c21-18(20-16-4-3-5-17(20)11-10-16)14-6-8-15(9-7-14)19-12-1-2-13-19/h1-4,6-9,12-13,16-17H,5,10-11H2. The number of aromatic nitrogens is 1.